The van der Waals surface area contributed by atoms with Crippen LogP contribution in [0.2, 0.25) is 0 Å². The van der Waals surface area contributed by atoms with Crippen molar-refractivity contribution in [3.8, 4) is 0 Å². The predicted octanol–water partition coefficient (Wildman–Crippen LogP) is 1.94. The quantitative estimate of drug-likeness (QED) is 0.932. The van der Waals surface area contributed by atoms with Gasteiger partial charge in [-0.2, -0.15) is 0 Å². The Morgan fingerprint density at radius 1 is 1.12 bits per heavy atom. The summed E-state index contributed by atoms with van der Waals surface area (Å²) >= 11 is 0. The molecule has 0 radical (unpaired) electrons. The number of aliphatic hydroxyl groups is 1. The Labute approximate surface area is 142 Å². The van der Waals surface area contributed by atoms with Gasteiger partial charge in [0.25, 0.3) is 0 Å². The molecule has 5 nitrogen and oxygen atoms in total. The third-order valence-corrected chi connectivity index (χ3v) is 5.60. The van der Waals surface area contributed by atoms with E-state index in [1.807, 2.05) is 12.3 Å². The van der Waals surface area contributed by atoms with Gasteiger partial charge in [-0.15, -0.1) is 0 Å². The monoisotopic (exact) mass is 327 g/mol. The molecule has 24 heavy (non-hydrogen) atoms. The van der Waals surface area contributed by atoms with Crippen molar-refractivity contribution < 1.29 is 9.84 Å². The van der Waals surface area contributed by atoms with E-state index >= 15 is 0 Å². The van der Waals surface area contributed by atoms with Gasteiger partial charge in [-0.1, -0.05) is 30.3 Å². The lowest BCUT2D eigenvalue weighted by Gasteiger charge is -2.41. The maximum Gasteiger partial charge on any atom is 0.135 e. The zero-order valence-electron chi connectivity index (χ0n) is 14.0. The summed E-state index contributed by atoms with van der Waals surface area (Å²) in [4.78, 5) is 6.97. The predicted molar refractivity (Wildman–Crippen MR) is 91.6 cm³/mol. The van der Waals surface area contributed by atoms with Crippen LogP contribution >= 0.6 is 0 Å². The summed E-state index contributed by atoms with van der Waals surface area (Å²) < 4.78 is 7.77. The zero-order valence-corrected chi connectivity index (χ0v) is 14.0. The Morgan fingerprint density at radius 2 is 1.92 bits per heavy atom. The molecule has 1 N–H and O–H groups in total. The summed E-state index contributed by atoms with van der Waals surface area (Å²) in [6, 6.07) is 10.5. The van der Waals surface area contributed by atoms with Gasteiger partial charge in [-0.25, -0.2) is 4.98 Å². The molecule has 0 unspecified atom stereocenters. The molecule has 0 aliphatic carbocycles. The van der Waals surface area contributed by atoms with Gasteiger partial charge in [0.05, 0.1) is 18.9 Å². The third kappa shape index (κ3) is 2.88. The molecule has 1 fully saturated rings. The average Bonchev–Trinajstić information content (AvgIpc) is 3.06. The topological polar surface area (TPSA) is 50.5 Å². The number of fused-ring (bicyclic) bond motifs is 1. The Hall–Kier alpha value is -1.69. The standard InChI is InChI=1S/C19H25N3O2/c23-15-19(16-4-2-1-3-5-16)6-8-21(9-7-19)13-17-12-20-18-14-24-11-10-22(17)18/h1-5,12,23H,6-11,13-15H2. The van der Waals surface area contributed by atoms with Gasteiger partial charge >= 0.3 is 0 Å². The smallest absolute Gasteiger partial charge is 0.135 e. The van der Waals surface area contributed by atoms with Crippen molar-refractivity contribution in [2.75, 3.05) is 26.3 Å². The molecule has 128 valence electrons. The number of benzene rings is 1. The average molecular weight is 327 g/mol. The molecule has 2 aromatic rings. The van der Waals surface area contributed by atoms with E-state index in [2.05, 4.69) is 38.7 Å². The summed E-state index contributed by atoms with van der Waals surface area (Å²) in [6.45, 7) is 5.48. The van der Waals surface area contributed by atoms with Crippen LogP contribution in [0.3, 0.4) is 0 Å². The molecule has 1 aromatic carbocycles. The fraction of sp³-hybridized carbons (Fsp3) is 0.526. The van der Waals surface area contributed by atoms with Gasteiger partial charge in [0.1, 0.15) is 12.4 Å². The van der Waals surface area contributed by atoms with E-state index in [9.17, 15) is 5.11 Å². The summed E-state index contributed by atoms with van der Waals surface area (Å²) in [5, 5.41) is 10.0. The van der Waals surface area contributed by atoms with Crippen LogP contribution in [-0.2, 0) is 29.8 Å². The van der Waals surface area contributed by atoms with Crippen molar-refractivity contribution in [2.45, 2.75) is 38.0 Å². The Bertz CT molecular complexity index is 675. The summed E-state index contributed by atoms with van der Waals surface area (Å²) in [6.07, 6.45) is 3.99. The highest BCUT2D eigenvalue weighted by atomic mass is 16.5. The van der Waals surface area contributed by atoms with Crippen LogP contribution in [0.25, 0.3) is 0 Å². The Kier molecular flexibility index (Phi) is 4.39. The number of nitrogens with zero attached hydrogens (tertiary/aromatic N) is 3. The molecular formula is C19H25N3O2. The maximum atomic E-state index is 10.0. The second kappa shape index (κ2) is 6.67. The van der Waals surface area contributed by atoms with E-state index < -0.39 is 0 Å². The molecule has 0 atom stereocenters. The minimum atomic E-state index is -0.0809. The molecule has 0 amide bonds. The van der Waals surface area contributed by atoms with Crippen LogP contribution in [0.15, 0.2) is 36.5 Å². The van der Waals surface area contributed by atoms with Gasteiger partial charge in [0, 0.05) is 24.7 Å². The van der Waals surface area contributed by atoms with E-state index in [-0.39, 0.29) is 12.0 Å². The molecule has 2 aliphatic heterocycles. The fourth-order valence-electron chi connectivity index (χ4n) is 3.99. The van der Waals surface area contributed by atoms with Crippen LogP contribution in [0.4, 0.5) is 0 Å². The molecule has 1 saturated heterocycles. The first-order valence-electron chi connectivity index (χ1n) is 8.80. The number of hydrogen-bond donors (Lipinski definition) is 1. The third-order valence-electron chi connectivity index (χ3n) is 5.60. The van der Waals surface area contributed by atoms with Crippen molar-refractivity contribution in [3.63, 3.8) is 0 Å². The Balaban J connectivity index is 1.44. The van der Waals surface area contributed by atoms with Gasteiger partial charge in [0.15, 0.2) is 0 Å². The van der Waals surface area contributed by atoms with E-state index in [1.54, 1.807) is 0 Å². The first-order valence-corrected chi connectivity index (χ1v) is 8.80. The van der Waals surface area contributed by atoms with E-state index in [0.29, 0.717) is 6.61 Å². The number of imidazole rings is 1. The van der Waals surface area contributed by atoms with E-state index in [1.165, 1.54) is 11.3 Å². The van der Waals surface area contributed by atoms with Crippen LogP contribution in [-0.4, -0.2) is 45.9 Å². The minimum absolute atomic E-state index is 0.0809. The zero-order chi connectivity index (χ0) is 16.4. The molecule has 1 aromatic heterocycles. The lowest BCUT2D eigenvalue weighted by molar-refractivity contribution is 0.0761. The summed E-state index contributed by atoms with van der Waals surface area (Å²) in [5.74, 6) is 1.04. The van der Waals surface area contributed by atoms with Crippen molar-refractivity contribution in [3.05, 3.63) is 53.6 Å². The highest BCUT2D eigenvalue weighted by Gasteiger charge is 2.35. The second-order valence-electron chi connectivity index (χ2n) is 6.95. The molecule has 2 aliphatic rings. The highest BCUT2D eigenvalue weighted by Crippen LogP contribution is 2.35. The van der Waals surface area contributed by atoms with E-state index in [0.717, 1.165) is 51.5 Å². The van der Waals surface area contributed by atoms with Crippen LogP contribution in [0.5, 0.6) is 0 Å². The van der Waals surface area contributed by atoms with Crippen LogP contribution in [0.1, 0.15) is 29.9 Å². The number of ether oxygens (including phenoxy) is 1. The molecule has 0 saturated carbocycles. The SMILES string of the molecule is OCC1(c2ccccc2)CCN(Cc2cnc3n2CCOC3)CC1. The van der Waals surface area contributed by atoms with E-state index in [4.69, 9.17) is 4.74 Å². The molecule has 0 spiro atoms. The van der Waals surface area contributed by atoms with Crippen LogP contribution in [0, 0.1) is 0 Å². The highest BCUT2D eigenvalue weighted by molar-refractivity contribution is 5.26. The van der Waals surface area contributed by atoms with Crippen molar-refractivity contribution >= 4 is 0 Å². The first kappa shape index (κ1) is 15.8. The number of likely N-dealkylation sites (tertiary alicyclic amines) is 1. The summed E-state index contributed by atoms with van der Waals surface area (Å²) in [7, 11) is 0. The number of aliphatic hydroxyl groups excluding tert-OH is 1. The van der Waals surface area contributed by atoms with Crippen molar-refractivity contribution in [1.82, 2.24) is 14.5 Å². The first-order chi connectivity index (χ1) is 11.8. The normalized spacial score (nSPS) is 20.7. The molecule has 3 heterocycles. The minimum Gasteiger partial charge on any atom is -0.395 e. The summed E-state index contributed by atoms with van der Waals surface area (Å²) in [5.41, 5.74) is 2.47. The fourth-order valence-corrected chi connectivity index (χ4v) is 3.99. The number of aromatic nitrogens is 2. The number of hydrogen-bond acceptors (Lipinski definition) is 4. The van der Waals surface area contributed by atoms with Crippen LogP contribution < -0.4 is 0 Å². The molecule has 4 rings (SSSR count). The van der Waals surface area contributed by atoms with Crippen molar-refractivity contribution in [2.24, 2.45) is 0 Å². The molecular weight excluding hydrogens is 302 g/mol. The second-order valence-corrected chi connectivity index (χ2v) is 6.95. The largest absolute Gasteiger partial charge is 0.395 e. The Morgan fingerprint density at radius 3 is 2.67 bits per heavy atom. The lowest BCUT2D eigenvalue weighted by Crippen LogP contribution is -2.44. The number of rotatable bonds is 4. The van der Waals surface area contributed by atoms with Gasteiger partial charge in [-0.05, 0) is 31.5 Å². The van der Waals surface area contributed by atoms with Gasteiger partial charge in [-0.3, -0.25) is 4.90 Å². The van der Waals surface area contributed by atoms with Crippen molar-refractivity contribution in [1.29, 1.82) is 0 Å². The van der Waals surface area contributed by atoms with Gasteiger partial charge < -0.3 is 14.4 Å². The van der Waals surface area contributed by atoms with Gasteiger partial charge in [0.2, 0.25) is 0 Å². The lowest BCUT2D eigenvalue weighted by atomic mass is 9.73. The molecule has 5 heteroatoms. The maximum absolute atomic E-state index is 10.0. The number of piperidine rings is 1. The molecule has 0 bridgehead atoms.